The first-order valence-corrected chi connectivity index (χ1v) is 13.1. The molecule has 206 valence electrons. The lowest BCUT2D eigenvalue weighted by Crippen LogP contribution is -2.52. The molecule has 2 amide bonds. The summed E-state index contributed by atoms with van der Waals surface area (Å²) >= 11 is 0. The number of aliphatic hydroxyl groups excluding tert-OH is 1. The maximum absolute atomic E-state index is 13.5. The maximum Gasteiger partial charge on any atom is 0.416 e. The van der Waals surface area contributed by atoms with Crippen molar-refractivity contribution in [2.24, 2.45) is 22.2 Å². The predicted octanol–water partition coefficient (Wildman–Crippen LogP) is 5.19. The Hall–Kier alpha value is -3.06. The first-order valence-electron chi connectivity index (χ1n) is 13.1. The quantitative estimate of drug-likeness (QED) is 0.404. The van der Waals surface area contributed by atoms with Crippen molar-refractivity contribution in [2.45, 2.75) is 50.6 Å². The SMILES string of the molecule is C=C(CC1(CO)CC1)N=C(OC)C1CC(c2ccc(C(F)(F)F)cc2)CN(C(=O)N2CCC(C#N)CC2)C1. The number of piperidine rings is 2. The maximum atomic E-state index is 13.5. The molecule has 0 bridgehead atoms. The van der Waals surface area contributed by atoms with E-state index in [0.717, 1.165) is 30.5 Å². The van der Waals surface area contributed by atoms with Crippen molar-refractivity contribution >= 4 is 11.9 Å². The van der Waals surface area contributed by atoms with Crippen LogP contribution < -0.4 is 0 Å². The molecule has 3 aliphatic rings. The molecule has 0 radical (unpaired) electrons. The number of benzene rings is 1. The highest BCUT2D eigenvalue weighted by atomic mass is 19.4. The summed E-state index contributed by atoms with van der Waals surface area (Å²) in [4.78, 5) is 21.6. The molecule has 1 aliphatic carbocycles. The van der Waals surface area contributed by atoms with Gasteiger partial charge in [-0.25, -0.2) is 9.79 Å². The molecule has 2 unspecified atom stereocenters. The number of rotatable bonds is 6. The Kier molecular flexibility index (Phi) is 8.36. The lowest BCUT2D eigenvalue weighted by Gasteiger charge is -2.41. The fraction of sp³-hybridized carbons (Fsp3) is 0.607. The summed E-state index contributed by atoms with van der Waals surface area (Å²) in [5, 5.41) is 18.9. The van der Waals surface area contributed by atoms with Gasteiger partial charge >= 0.3 is 12.2 Å². The topological polar surface area (TPSA) is 89.2 Å². The lowest BCUT2D eigenvalue weighted by atomic mass is 9.84. The van der Waals surface area contributed by atoms with E-state index in [9.17, 15) is 28.3 Å². The molecule has 4 rings (SSSR count). The zero-order valence-corrected chi connectivity index (χ0v) is 21.7. The van der Waals surface area contributed by atoms with Gasteiger partial charge in [-0.1, -0.05) is 18.7 Å². The summed E-state index contributed by atoms with van der Waals surface area (Å²) in [6.45, 7) is 5.86. The number of halogens is 3. The minimum atomic E-state index is -4.42. The highest BCUT2D eigenvalue weighted by molar-refractivity contribution is 5.82. The molecule has 0 spiro atoms. The van der Waals surface area contributed by atoms with Gasteiger partial charge in [0.1, 0.15) is 0 Å². The van der Waals surface area contributed by atoms with Gasteiger partial charge in [0.15, 0.2) is 5.90 Å². The molecule has 2 heterocycles. The second-order valence-electron chi connectivity index (χ2n) is 10.9. The number of nitrogens with zero attached hydrogens (tertiary/aromatic N) is 4. The van der Waals surface area contributed by atoms with Gasteiger partial charge in [-0.15, -0.1) is 0 Å². The fourth-order valence-electron chi connectivity index (χ4n) is 5.52. The lowest BCUT2D eigenvalue weighted by molar-refractivity contribution is -0.137. The first kappa shape index (κ1) is 28.0. The van der Waals surface area contributed by atoms with Crippen molar-refractivity contribution in [3.8, 4) is 6.07 Å². The third kappa shape index (κ3) is 6.49. The van der Waals surface area contributed by atoms with E-state index in [1.807, 2.05) is 0 Å². The number of hydrogen-bond donors (Lipinski definition) is 1. The summed E-state index contributed by atoms with van der Waals surface area (Å²) in [5.41, 5.74) is 0.443. The number of amides is 2. The highest BCUT2D eigenvalue weighted by Crippen LogP contribution is 2.50. The number of carbonyl (C=O) groups is 1. The largest absolute Gasteiger partial charge is 0.484 e. The van der Waals surface area contributed by atoms with E-state index in [-0.39, 0.29) is 35.8 Å². The Morgan fingerprint density at radius 1 is 1.21 bits per heavy atom. The van der Waals surface area contributed by atoms with Crippen LogP contribution in [0.2, 0.25) is 0 Å². The summed E-state index contributed by atoms with van der Waals surface area (Å²) in [6.07, 6.45) is -0.221. The minimum Gasteiger partial charge on any atom is -0.484 e. The van der Waals surface area contributed by atoms with Gasteiger partial charge in [-0.05, 0) is 61.6 Å². The molecule has 2 saturated heterocycles. The van der Waals surface area contributed by atoms with E-state index < -0.39 is 11.7 Å². The zero-order chi connectivity index (χ0) is 27.5. The molecule has 1 saturated carbocycles. The number of carbonyl (C=O) groups excluding carboxylic acids is 1. The van der Waals surface area contributed by atoms with Crippen molar-refractivity contribution in [1.82, 2.24) is 9.80 Å². The number of allylic oxidation sites excluding steroid dienone is 1. The molecule has 3 fully saturated rings. The van der Waals surface area contributed by atoms with Crippen LogP contribution >= 0.6 is 0 Å². The van der Waals surface area contributed by atoms with E-state index >= 15 is 0 Å². The highest BCUT2D eigenvalue weighted by Gasteiger charge is 2.43. The number of aliphatic imine (C=N–C) groups is 1. The van der Waals surface area contributed by atoms with Crippen LogP contribution in [0.1, 0.15) is 55.6 Å². The van der Waals surface area contributed by atoms with Crippen LogP contribution in [0.4, 0.5) is 18.0 Å². The van der Waals surface area contributed by atoms with Gasteiger partial charge in [0.25, 0.3) is 0 Å². The first-order chi connectivity index (χ1) is 18.1. The van der Waals surface area contributed by atoms with E-state index in [1.54, 1.807) is 9.80 Å². The number of methoxy groups -OCH3 is 1. The van der Waals surface area contributed by atoms with Crippen molar-refractivity contribution in [3.05, 3.63) is 47.7 Å². The van der Waals surface area contributed by atoms with Crippen LogP contribution in [0.5, 0.6) is 0 Å². The van der Waals surface area contributed by atoms with Crippen LogP contribution in [0, 0.1) is 28.6 Å². The van der Waals surface area contributed by atoms with E-state index in [0.29, 0.717) is 63.5 Å². The normalized spacial score (nSPS) is 24.1. The molecular formula is C28H35F3N4O3. The molecule has 38 heavy (non-hydrogen) atoms. The van der Waals surface area contributed by atoms with Gasteiger partial charge in [0, 0.05) is 50.3 Å². The number of aliphatic hydroxyl groups is 1. The van der Waals surface area contributed by atoms with Crippen LogP contribution in [0.15, 0.2) is 41.5 Å². The number of hydrogen-bond acceptors (Lipinski definition) is 5. The van der Waals surface area contributed by atoms with Gasteiger partial charge in [0.2, 0.25) is 0 Å². The average molecular weight is 533 g/mol. The van der Waals surface area contributed by atoms with E-state index in [4.69, 9.17) is 4.74 Å². The van der Waals surface area contributed by atoms with Crippen LogP contribution in [-0.2, 0) is 10.9 Å². The van der Waals surface area contributed by atoms with E-state index in [1.165, 1.54) is 19.2 Å². The summed E-state index contributed by atoms with van der Waals surface area (Å²) in [5.74, 6) is -0.110. The zero-order valence-electron chi connectivity index (χ0n) is 21.7. The third-order valence-corrected chi connectivity index (χ3v) is 8.08. The Morgan fingerprint density at radius 3 is 2.39 bits per heavy atom. The molecule has 7 nitrogen and oxygen atoms in total. The number of ether oxygens (including phenoxy) is 1. The van der Waals surface area contributed by atoms with Gasteiger partial charge < -0.3 is 19.6 Å². The molecule has 1 aromatic rings. The molecule has 10 heteroatoms. The Labute approximate surface area is 221 Å². The number of alkyl halides is 3. The number of likely N-dealkylation sites (tertiary alicyclic amines) is 2. The number of urea groups is 1. The summed E-state index contributed by atoms with van der Waals surface area (Å²) < 4.78 is 45.1. The van der Waals surface area contributed by atoms with Crippen LogP contribution in [0.25, 0.3) is 0 Å². The van der Waals surface area contributed by atoms with Gasteiger partial charge in [0.05, 0.1) is 24.7 Å². The second-order valence-corrected chi connectivity index (χ2v) is 10.9. The van der Waals surface area contributed by atoms with Gasteiger partial charge in [-0.3, -0.25) is 0 Å². The van der Waals surface area contributed by atoms with Gasteiger partial charge in [-0.2, -0.15) is 18.4 Å². The summed E-state index contributed by atoms with van der Waals surface area (Å²) in [6, 6.07) is 7.25. The smallest absolute Gasteiger partial charge is 0.416 e. The van der Waals surface area contributed by atoms with Crippen LogP contribution in [-0.4, -0.2) is 66.7 Å². The minimum absolute atomic E-state index is 0.0556. The monoisotopic (exact) mass is 532 g/mol. The molecule has 0 aromatic heterocycles. The predicted molar refractivity (Wildman–Crippen MR) is 136 cm³/mol. The van der Waals surface area contributed by atoms with Crippen molar-refractivity contribution in [3.63, 3.8) is 0 Å². The van der Waals surface area contributed by atoms with Crippen molar-refractivity contribution in [1.29, 1.82) is 5.26 Å². The van der Waals surface area contributed by atoms with Crippen molar-refractivity contribution in [2.75, 3.05) is 39.9 Å². The average Bonchev–Trinajstić information content (AvgIpc) is 3.70. The number of nitriles is 1. The summed E-state index contributed by atoms with van der Waals surface area (Å²) in [7, 11) is 1.52. The van der Waals surface area contributed by atoms with E-state index in [2.05, 4.69) is 17.6 Å². The fourth-order valence-corrected chi connectivity index (χ4v) is 5.52. The Bertz CT molecular complexity index is 1080. The second kappa shape index (κ2) is 11.4. The standard InChI is InChI=1S/C28H35F3N4O3/c1-19(14-27(18-36)9-10-27)33-25(38-2)23-13-22(21-3-5-24(6-4-21)28(29,30)31)16-35(17-23)26(37)34-11-7-20(15-32)8-12-34/h3-6,20,22-23,36H,1,7-14,16-18H2,2H3. The van der Waals surface area contributed by atoms with Crippen molar-refractivity contribution < 1.29 is 27.8 Å². The Morgan fingerprint density at radius 2 is 1.87 bits per heavy atom. The van der Waals surface area contributed by atoms with Crippen LogP contribution in [0.3, 0.4) is 0 Å². The molecular weight excluding hydrogens is 497 g/mol. The molecule has 1 aromatic carbocycles. The Balaban J connectivity index is 1.56. The molecule has 2 atom stereocenters. The molecule has 1 N–H and O–H groups in total. The third-order valence-electron chi connectivity index (χ3n) is 8.08. The molecule has 2 aliphatic heterocycles.